The maximum atomic E-state index is 13.3. The molecule has 0 saturated carbocycles. The van der Waals surface area contributed by atoms with E-state index in [1.807, 2.05) is 37.3 Å². The summed E-state index contributed by atoms with van der Waals surface area (Å²) in [5.41, 5.74) is 2.26. The molecule has 0 atom stereocenters. The highest BCUT2D eigenvalue weighted by Gasteiger charge is 2.42. The average Bonchev–Trinajstić information content (AvgIpc) is 2.77. The molecule has 0 aliphatic carbocycles. The molecule has 31 heavy (non-hydrogen) atoms. The van der Waals surface area contributed by atoms with Crippen LogP contribution >= 0.6 is 0 Å². The monoisotopic (exact) mass is 435 g/mol. The Morgan fingerprint density at radius 2 is 1.55 bits per heavy atom. The lowest BCUT2D eigenvalue weighted by Gasteiger charge is -2.35. The Morgan fingerprint density at radius 3 is 2.26 bits per heavy atom. The van der Waals surface area contributed by atoms with Gasteiger partial charge < -0.3 is 5.32 Å². The summed E-state index contributed by atoms with van der Waals surface area (Å²) in [5, 5.41) is 2.78. The van der Waals surface area contributed by atoms with Gasteiger partial charge in [0.15, 0.2) is 0 Å². The van der Waals surface area contributed by atoms with Gasteiger partial charge in [-0.05, 0) is 36.8 Å². The second-order valence-electron chi connectivity index (χ2n) is 7.20. The predicted molar refractivity (Wildman–Crippen MR) is 118 cm³/mol. The second kappa shape index (κ2) is 8.23. The lowest BCUT2D eigenvalue weighted by molar-refractivity contribution is -0.119. The van der Waals surface area contributed by atoms with Gasteiger partial charge in [0, 0.05) is 6.54 Å². The molecule has 1 N–H and O–H groups in total. The van der Waals surface area contributed by atoms with Crippen LogP contribution in [0.5, 0.6) is 0 Å². The molecule has 1 heterocycles. The highest BCUT2D eigenvalue weighted by Crippen LogP contribution is 2.36. The highest BCUT2D eigenvalue weighted by molar-refractivity contribution is 7.94. The molecule has 3 amide bonds. The van der Waals surface area contributed by atoms with Crippen molar-refractivity contribution < 1.29 is 18.0 Å². The van der Waals surface area contributed by atoms with Crippen molar-refractivity contribution >= 4 is 33.3 Å². The molecule has 3 aromatic rings. The molecule has 0 radical (unpaired) electrons. The largest absolute Gasteiger partial charge is 0.350 e. The average molecular weight is 436 g/mol. The van der Waals surface area contributed by atoms with Crippen molar-refractivity contribution in [2.45, 2.75) is 18.4 Å². The van der Waals surface area contributed by atoms with Crippen LogP contribution < -0.4 is 14.5 Å². The van der Waals surface area contributed by atoms with E-state index in [0.717, 1.165) is 15.4 Å². The number of anilines is 2. The van der Waals surface area contributed by atoms with Crippen LogP contribution in [0.4, 0.5) is 16.2 Å². The second-order valence-corrected chi connectivity index (χ2v) is 8.96. The molecule has 3 aromatic carbocycles. The van der Waals surface area contributed by atoms with Crippen molar-refractivity contribution in [1.29, 1.82) is 0 Å². The number of fused-ring (bicyclic) bond motifs is 1. The standard InChI is InChI=1S/C23H21N3O4S/c1-17-11-13-19(14-12-17)26-23(28)25(20-9-5-6-10-21(20)31(26,29)30)16-22(27)24-15-18-7-3-2-4-8-18/h2-14H,15-16H2,1H3,(H,24,27). The van der Waals surface area contributed by atoms with Crippen molar-refractivity contribution in [3.8, 4) is 0 Å². The topological polar surface area (TPSA) is 86.8 Å². The molecule has 158 valence electrons. The summed E-state index contributed by atoms with van der Waals surface area (Å²) >= 11 is 0. The number of nitrogens with zero attached hydrogens (tertiary/aromatic N) is 2. The van der Waals surface area contributed by atoms with Crippen LogP contribution in [0.25, 0.3) is 0 Å². The molecule has 7 nitrogen and oxygen atoms in total. The van der Waals surface area contributed by atoms with E-state index in [1.165, 1.54) is 17.0 Å². The zero-order valence-electron chi connectivity index (χ0n) is 16.9. The van der Waals surface area contributed by atoms with Crippen molar-refractivity contribution in [2.24, 2.45) is 0 Å². The van der Waals surface area contributed by atoms with Gasteiger partial charge in [-0.3, -0.25) is 9.69 Å². The van der Waals surface area contributed by atoms with E-state index in [-0.39, 0.29) is 22.8 Å². The summed E-state index contributed by atoms with van der Waals surface area (Å²) in [4.78, 5) is 27.1. The molecule has 8 heteroatoms. The molecule has 4 rings (SSSR count). The van der Waals surface area contributed by atoms with Crippen LogP contribution in [0.1, 0.15) is 11.1 Å². The Balaban J connectivity index is 1.65. The molecule has 0 bridgehead atoms. The van der Waals surface area contributed by atoms with Crippen LogP contribution in [0.15, 0.2) is 83.8 Å². The normalized spacial score (nSPS) is 14.8. The first-order valence-corrected chi connectivity index (χ1v) is 11.1. The van der Waals surface area contributed by atoms with Gasteiger partial charge in [-0.2, -0.15) is 4.31 Å². The smallest absolute Gasteiger partial charge is 0.343 e. The number of rotatable bonds is 5. The minimum Gasteiger partial charge on any atom is -0.350 e. The number of benzene rings is 3. The Hall–Kier alpha value is -3.65. The van der Waals surface area contributed by atoms with Crippen LogP contribution in [-0.2, 0) is 21.4 Å². The minimum atomic E-state index is -4.11. The van der Waals surface area contributed by atoms with Gasteiger partial charge in [-0.25, -0.2) is 13.2 Å². The number of hydrogen-bond donors (Lipinski definition) is 1. The van der Waals surface area contributed by atoms with Gasteiger partial charge in [0.05, 0.1) is 11.4 Å². The lowest BCUT2D eigenvalue weighted by atomic mass is 10.2. The molecule has 0 saturated heterocycles. The maximum absolute atomic E-state index is 13.3. The minimum absolute atomic E-state index is 0.0222. The third kappa shape index (κ3) is 4.02. The quantitative estimate of drug-likeness (QED) is 0.665. The number of sulfonamides is 1. The van der Waals surface area contributed by atoms with Gasteiger partial charge in [0.1, 0.15) is 11.4 Å². The molecule has 0 fully saturated rings. The fourth-order valence-electron chi connectivity index (χ4n) is 3.39. The van der Waals surface area contributed by atoms with E-state index in [2.05, 4.69) is 5.32 Å². The van der Waals surface area contributed by atoms with E-state index in [1.54, 1.807) is 36.4 Å². The zero-order chi connectivity index (χ0) is 22.0. The van der Waals surface area contributed by atoms with Crippen LogP contribution in [-0.4, -0.2) is 26.9 Å². The van der Waals surface area contributed by atoms with Gasteiger partial charge in [0.25, 0.3) is 10.0 Å². The molecule has 1 aliphatic heterocycles. The van der Waals surface area contributed by atoms with Crippen molar-refractivity contribution in [3.05, 3.63) is 90.0 Å². The van der Waals surface area contributed by atoms with Gasteiger partial charge >= 0.3 is 6.03 Å². The summed E-state index contributed by atoms with van der Waals surface area (Å²) in [6.07, 6.45) is 0. The lowest BCUT2D eigenvalue weighted by Crippen LogP contribution is -2.53. The molecule has 0 spiro atoms. The molecule has 1 aliphatic rings. The number of amides is 3. The number of nitrogens with one attached hydrogen (secondary N) is 1. The summed E-state index contributed by atoms with van der Waals surface area (Å²) < 4.78 is 27.2. The highest BCUT2D eigenvalue weighted by atomic mass is 32.2. The maximum Gasteiger partial charge on any atom is 0.343 e. The Kier molecular flexibility index (Phi) is 5.48. The van der Waals surface area contributed by atoms with E-state index in [9.17, 15) is 18.0 Å². The van der Waals surface area contributed by atoms with Gasteiger partial charge in [-0.15, -0.1) is 0 Å². The van der Waals surface area contributed by atoms with Crippen LogP contribution in [0.2, 0.25) is 0 Å². The first-order chi connectivity index (χ1) is 14.9. The summed E-state index contributed by atoms with van der Waals surface area (Å²) in [6, 6.07) is 21.4. The third-order valence-electron chi connectivity index (χ3n) is 4.98. The fourth-order valence-corrected chi connectivity index (χ4v) is 4.98. The molecular formula is C23H21N3O4S. The van der Waals surface area contributed by atoms with Crippen LogP contribution in [0.3, 0.4) is 0 Å². The summed E-state index contributed by atoms with van der Waals surface area (Å²) in [7, 11) is -4.11. The number of carbonyl (C=O) groups is 2. The summed E-state index contributed by atoms with van der Waals surface area (Å²) in [6.45, 7) is 1.87. The van der Waals surface area contributed by atoms with Crippen LogP contribution in [0, 0.1) is 6.92 Å². The van der Waals surface area contributed by atoms with E-state index >= 15 is 0 Å². The zero-order valence-corrected chi connectivity index (χ0v) is 17.7. The Bertz CT molecular complexity index is 1230. The third-order valence-corrected chi connectivity index (χ3v) is 6.73. The van der Waals surface area contributed by atoms with E-state index in [4.69, 9.17) is 0 Å². The molecule has 0 aromatic heterocycles. The first-order valence-electron chi connectivity index (χ1n) is 9.71. The number of para-hydroxylation sites is 1. The van der Waals surface area contributed by atoms with Crippen molar-refractivity contribution in [2.75, 3.05) is 15.7 Å². The first kappa shape index (κ1) is 20.6. The van der Waals surface area contributed by atoms with Crippen molar-refractivity contribution in [1.82, 2.24) is 5.32 Å². The van der Waals surface area contributed by atoms with Crippen molar-refractivity contribution in [3.63, 3.8) is 0 Å². The number of urea groups is 1. The fraction of sp³-hybridized carbons (Fsp3) is 0.130. The van der Waals surface area contributed by atoms with Gasteiger partial charge in [0.2, 0.25) is 5.91 Å². The number of hydrogen-bond acceptors (Lipinski definition) is 4. The van der Waals surface area contributed by atoms with E-state index < -0.39 is 22.0 Å². The Labute approximate surface area is 181 Å². The SMILES string of the molecule is Cc1ccc(N2C(=O)N(CC(=O)NCc3ccccc3)c3ccccc3S2(=O)=O)cc1. The molecule has 0 unspecified atom stereocenters. The molecular weight excluding hydrogens is 414 g/mol. The van der Waals surface area contributed by atoms with E-state index in [0.29, 0.717) is 6.54 Å². The Morgan fingerprint density at radius 1 is 0.903 bits per heavy atom. The number of aryl methyl sites for hydroxylation is 1. The summed E-state index contributed by atoms with van der Waals surface area (Å²) in [5.74, 6) is -0.393. The van der Waals surface area contributed by atoms with Gasteiger partial charge in [-0.1, -0.05) is 60.2 Å². The predicted octanol–water partition coefficient (Wildman–Crippen LogP) is 3.45. The number of carbonyl (C=O) groups excluding carboxylic acids is 2.